The van der Waals surface area contributed by atoms with Crippen molar-refractivity contribution in [2.24, 2.45) is 0 Å². The molecule has 6 nitrogen and oxygen atoms in total. The minimum Gasteiger partial charge on any atom is -0.493 e. The lowest BCUT2D eigenvalue weighted by Gasteiger charge is -2.26. The summed E-state index contributed by atoms with van der Waals surface area (Å²) in [6.45, 7) is 2.11. The van der Waals surface area contributed by atoms with Gasteiger partial charge in [-0.25, -0.2) is 4.39 Å². The molecule has 0 unspecified atom stereocenters. The molecule has 0 spiro atoms. The number of allylic oxidation sites excluding steroid dienone is 2. The van der Waals surface area contributed by atoms with Crippen molar-refractivity contribution in [2.75, 3.05) is 40.5 Å². The number of carbonyl (C=O) groups is 1. The molecular formula is C29H28FNO5. The largest absolute Gasteiger partial charge is 0.493 e. The summed E-state index contributed by atoms with van der Waals surface area (Å²) >= 11 is 0. The minimum atomic E-state index is -0.464. The second-order valence-electron chi connectivity index (χ2n) is 8.05. The van der Waals surface area contributed by atoms with Gasteiger partial charge in [-0.1, -0.05) is 42.5 Å². The van der Waals surface area contributed by atoms with Gasteiger partial charge in [0.1, 0.15) is 5.75 Å². The van der Waals surface area contributed by atoms with E-state index in [4.69, 9.17) is 18.9 Å². The molecule has 0 aliphatic carbocycles. The van der Waals surface area contributed by atoms with Crippen molar-refractivity contribution in [3.05, 3.63) is 95.8 Å². The second kappa shape index (κ2) is 12.0. The Kier molecular flexibility index (Phi) is 8.36. The first-order valence-corrected chi connectivity index (χ1v) is 11.6. The topological polar surface area (TPSA) is 57.2 Å². The van der Waals surface area contributed by atoms with Crippen molar-refractivity contribution in [2.45, 2.75) is 0 Å². The van der Waals surface area contributed by atoms with E-state index in [0.29, 0.717) is 54.7 Å². The number of carbonyl (C=O) groups excluding carboxylic acids is 1. The van der Waals surface area contributed by atoms with Gasteiger partial charge in [0.2, 0.25) is 5.91 Å². The Morgan fingerprint density at radius 2 is 1.67 bits per heavy atom. The average Bonchev–Trinajstić information content (AvgIpc) is 2.93. The van der Waals surface area contributed by atoms with E-state index in [1.54, 1.807) is 55.5 Å². The van der Waals surface area contributed by atoms with Gasteiger partial charge in [0.15, 0.2) is 23.1 Å². The first-order valence-electron chi connectivity index (χ1n) is 11.6. The van der Waals surface area contributed by atoms with Crippen LogP contribution >= 0.6 is 0 Å². The number of hydrogen-bond donors (Lipinski definition) is 0. The van der Waals surface area contributed by atoms with Crippen molar-refractivity contribution in [3.8, 4) is 23.0 Å². The Morgan fingerprint density at radius 3 is 2.39 bits per heavy atom. The van der Waals surface area contributed by atoms with Crippen molar-refractivity contribution < 1.29 is 28.1 Å². The van der Waals surface area contributed by atoms with E-state index in [-0.39, 0.29) is 11.7 Å². The monoisotopic (exact) mass is 489 g/mol. The molecule has 186 valence electrons. The number of para-hydroxylation sites is 1. The molecule has 1 heterocycles. The van der Waals surface area contributed by atoms with Crippen LogP contribution in [0, 0.1) is 5.82 Å². The Morgan fingerprint density at radius 1 is 0.917 bits per heavy atom. The quantitative estimate of drug-likeness (QED) is 0.305. The zero-order valence-corrected chi connectivity index (χ0v) is 20.3. The molecule has 3 aromatic rings. The summed E-state index contributed by atoms with van der Waals surface area (Å²) in [5.74, 6) is 1.22. The molecule has 0 radical (unpaired) electrons. The average molecular weight is 490 g/mol. The number of morpholine rings is 1. The van der Waals surface area contributed by atoms with Gasteiger partial charge in [-0.15, -0.1) is 0 Å². The summed E-state index contributed by atoms with van der Waals surface area (Å²) in [5, 5.41) is 0. The Hall–Kier alpha value is -4.10. The molecule has 7 heteroatoms. The third kappa shape index (κ3) is 6.31. The van der Waals surface area contributed by atoms with Crippen LogP contribution in [0.15, 0.2) is 78.9 Å². The third-order valence-corrected chi connectivity index (χ3v) is 5.70. The summed E-state index contributed by atoms with van der Waals surface area (Å²) in [7, 11) is 3.13. The normalized spacial score (nSPS) is 14.1. The first-order chi connectivity index (χ1) is 17.6. The lowest BCUT2D eigenvalue weighted by atomic mass is 10.0. The SMILES string of the molecule is COc1ccc(C(=C\C(=O)N2CCOCC2)/C=C/c2ccc(F)c(Oc3ccccc3)c2)cc1OC. The standard InChI is InChI=1S/C29H28FNO5/c1-33-26-13-11-22(19-28(26)34-2)23(20-29(32)31-14-16-35-17-15-31)10-8-21-9-12-25(30)27(18-21)36-24-6-4-3-5-7-24/h3-13,18-20H,14-17H2,1-2H3/b10-8+,23-20-. The van der Waals surface area contributed by atoms with Gasteiger partial charge in [-0.3, -0.25) is 4.79 Å². The van der Waals surface area contributed by atoms with Gasteiger partial charge in [0.05, 0.1) is 27.4 Å². The fourth-order valence-electron chi connectivity index (χ4n) is 3.75. The van der Waals surface area contributed by atoms with Crippen molar-refractivity contribution >= 4 is 17.6 Å². The van der Waals surface area contributed by atoms with Crippen LogP contribution in [0.1, 0.15) is 11.1 Å². The maximum Gasteiger partial charge on any atom is 0.247 e. The Labute approximate surface area is 210 Å². The van der Waals surface area contributed by atoms with Crippen molar-refractivity contribution in [3.63, 3.8) is 0 Å². The molecule has 0 bridgehead atoms. The highest BCUT2D eigenvalue weighted by molar-refractivity contribution is 5.98. The van der Waals surface area contributed by atoms with E-state index < -0.39 is 5.82 Å². The Balaban J connectivity index is 1.66. The molecule has 0 atom stereocenters. The number of hydrogen-bond acceptors (Lipinski definition) is 5. The number of rotatable bonds is 8. The predicted molar refractivity (Wildman–Crippen MR) is 137 cm³/mol. The molecule has 1 aliphatic rings. The first kappa shape index (κ1) is 25.0. The molecule has 1 aliphatic heterocycles. The highest BCUT2D eigenvalue weighted by atomic mass is 19.1. The molecular weight excluding hydrogens is 461 g/mol. The number of benzene rings is 3. The summed E-state index contributed by atoms with van der Waals surface area (Å²) in [6.07, 6.45) is 5.22. The van der Waals surface area contributed by atoms with E-state index in [9.17, 15) is 9.18 Å². The van der Waals surface area contributed by atoms with E-state index >= 15 is 0 Å². The minimum absolute atomic E-state index is 0.111. The highest BCUT2D eigenvalue weighted by Crippen LogP contribution is 2.32. The van der Waals surface area contributed by atoms with Crippen LogP contribution in [-0.2, 0) is 9.53 Å². The molecule has 1 saturated heterocycles. The summed E-state index contributed by atoms with van der Waals surface area (Å²) in [4.78, 5) is 14.8. The van der Waals surface area contributed by atoms with Crippen molar-refractivity contribution in [1.82, 2.24) is 4.90 Å². The third-order valence-electron chi connectivity index (χ3n) is 5.70. The maximum absolute atomic E-state index is 14.4. The highest BCUT2D eigenvalue weighted by Gasteiger charge is 2.16. The number of nitrogens with zero attached hydrogens (tertiary/aromatic N) is 1. The number of halogens is 1. The maximum atomic E-state index is 14.4. The fraction of sp³-hybridized carbons (Fsp3) is 0.207. The van der Waals surface area contributed by atoms with Crippen LogP contribution in [-0.4, -0.2) is 51.3 Å². The van der Waals surface area contributed by atoms with Crippen LogP contribution in [0.4, 0.5) is 4.39 Å². The molecule has 4 rings (SSSR count). The van der Waals surface area contributed by atoms with E-state index in [1.807, 2.05) is 42.5 Å². The van der Waals surface area contributed by atoms with E-state index in [2.05, 4.69) is 0 Å². The van der Waals surface area contributed by atoms with Gasteiger partial charge in [0, 0.05) is 19.2 Å². The van der Waals surface area contributed by atoms with E-state index in [1.165, 1.54) is 6.07 Å². The van der Waals surface area contributed by atoms with Gasteiger partial charge in [-0.05, 0) is 53.1 Å². The van der Waals surface area contributed by atoms with Gasteiger partial charge >= 0.3 is 0 Å². The van der Waals surface area contributed by atoms with Crippen LogP contribution in [0.5, 0.6) is 23.0 Å². The zero-order valence-electron chi connectivity index (χ0n) is 20.3. The molecule has 1 fully saturated rings. The smallest absolute Gasteiger partial charge is 0.247 e. The van der Waals surface area contributed by atoms with Crippen LogP contribution < -0.4 is 14.2 Å². The van der Waals surface area contributed by atoms with Gasteiger partial charge in [0.25, 0.3) is 0 Å². The Bertz CT molecular complexity index is 1250. The van der Waals surface area contributed by atoms with Crippen molar-refractivity contribution in [1.29, 1.82) is 0 Å². The lowest BCUT2D eigenvalue weighted by molar-refractivity contribution is -0.129. The lowest BCUT2D eigenvalue weighted by Crippen LogP contribution is -2.39. The van der Waals surface area contributed by atoms with Crippen LogP contribution in [0.25, 0.3) is 11.6 Å². The summed E-state index contributed by atoms with van der Waals surface area (Å²) in [6, 6.07) is 19.1. The van der Waals surface area contributed by atoms with Crippen LogP contribution in [0.3, 0.4) is 0 Å². The van der Waals surface area contributed by atoms with Gasteiger partial charge in [-0.2, -0.15) is 0 Å². The number of ether oxygens (including phenoxy) is 4. The number of amides is 1. The number of methoxy groups -OCH3 is 2. The molecule has 0 saturated carbocycles. The second-order valence-corrected chi connectivity index (χ2v) is 8.05. The molecule has 36 heavy (non-hydrogen) atoms. The molecule has 0 aromatic heterocycles. The summed E-state index contributed by atoms with van der Waals surface area (Å²) in [5.41, 5.74) is 2.16. The zero-order chi connectivity index (χ0) is 25.3. The van der Waals surface area contributed by atoms with E-state index in [0.717, 1.165) is 5.56 Å². The molecule has 1 amide bonds. The predicted octanol–water partition coefficient (Wildman–Crippen LogP) is 5.59. The fourth-order valence-corrected chi connectivity index (χ4v) is 3.75. The van der Waals surface area contributed by atoms with Crippen LogP contribution in [0.2, 0.25) is 0 Å². The van der Waals surface area contributed by atoms with Gasteiger partial charge < -0.3 is 23.8 Å². The summed E-state index contributed by atoms with van der Waals surface area (Å²) < 4.78 is 36.3. The molecule has 3 aromatic carbocycles. The molecule has 0 N–H and O–H groups in total.